The largest absolute Gasteiger partial charge is 0.298 e. The quantitative estimate of drug-likeness (QED) is 0.671. The number of rotatable bonds is 2. The van der Waals surface area contributed by atoms with Gasteiger partial charge in [-0.15, -0.1) is 0 Å². The molecule has 2 fully saturated rings. The van der Waals surface area contributed by atoms with Gasteiger partial charge in [-0.3, -0.25) is 9.80 Å². The van der Waals surface area contributed by atoms with Crippen molar-refractivity contribution in [3.8, 4) is 0 Å². The van der Waals surface area contributed by atoms with E-state index >= 15 is 0 Å². The maximum Gasteiger partial charge on any atom is 0.0350 e. The second kappa shape index (κ2) is 5.72. The topological polar surface area (TPSA) is 6.48 Å². The molecule has 0 radical (unpaired) electrons. The summed E-state index contributed by atoms with van der Waals surface area (Å²) in [6.07, 6.45) is 2.86. The Bertz CT molecular complexity index is 144. The van der Waals surface area contributed by atoms with E-state index in [1.54, 1.807) is 0 Å². The highest BCUT2D eigenvalue weighted by atomic mass is 15.3. The molecule has 84 valence electrons. The molecule has 0 saturated carbocycles. The van der Waals surface area contributed by atoms with Crippen LogP contribution in [-0.4, -0.2) is 48.1 Å². The van der Waals surface area contributed by atoms with Gasteiger partial charge in [0.05, 0.1) is 0 Å². The number of hydrogen-bond donors (Lipinski definition) is 0. The van der Waals surface area contributed by atoms with Gasteiger partial charge in [-0.25, -0.2) is 0 Å². The summed E-state index contributed by atoms with van der Waals surface area (Å²) in [4.78, 5) is 5.22. The van der Waals surface area contributed by atoms with Crippen LogP contribution in [-0.2, 0) is 0 Å². The van der Waals surface area contributed by atoms with E-state index < -0.39 is 0 Å². The van der Waals surface area contributed by atoms with Gasteiger partial charge in [0.1, 0.15) is 0 Å². The van der Waals surface area contributed by atoms with E-state index in [-0.39, 0.29) is 0 Å². The van der Waals surface area contributed by atoms with Gasteiger partial charge in [0.15, 0.2) is 0 Å². The Morgan fingerprint density at radius 3 is 1.93 bits per heavy atom. The van der Waals surface area contributed by atoms with Crippen LogP contribution in [0.4, 0.5) is 0 Å². The third-order valence-corrected chi connectivity index (χ3v) is 3.28. The zero-order valence-corrected chi connectivity index (χ0v) is 10.3. The van der Waals surface area contributed by atoms with Gasteiger partial charge in [0, 0.05) is 25.2 Å². The predicted molar refractivity (Wildman–Crippen MR) is 62.7 cm³/mol. The van der Waals surface area contributed by atoms with Crippen LogP contribution in [0.3, 0.4) is 0 Å². The molecule has 2 nitrogen and oxygen atoms in total. The van der Waals surface area contributed by atoms with Crippen LogP contribution in [0.2, 0.25) is 0 Å². The monoisotopic (exact) mass is 198 g/mol. The summed E-state index contributed by atoms with van der Waals surface area (Å²) in [6, 6.07) is 1.65. The van der Waals surface area contributed by atoms with Crippen LogP contribution in [0.5, 0.6) is 0 Å². The van der Waals surface area contributed by atoms with E-state index in [4.69, 9.17) is 0 Å². The average Bonchev–Trinajstić information content (AvgIpc) is 2.57. The van der Waals surface area contributed by atoms with Gasteiger partial charge < -0.3 is 0 Å². The Balaban J connectivity index is 0.000000461. The van der Waals surface area contributed by atoms with Gasteiger partial charge in [-0.1, -0.05) is 13.8 Å². The second-order valence-electron chi connectivity index (χ2n) is 4.44. The Morgan fingerprint density at radius 1 is 1.00 bits per heavy atom. The molecular formula is C12H26N2. The van der Waals surface area contributed by atoms with Gasteiger partial charge in [-0.05, 0) is 39.8 Å². The summed E-state index contributed by atoms with van der Waals surface area (Å²) in [7, 11) is 0. The smallest absolute Gasteiger partial charge is 0.0350 e. The van der Waals surface area contributed by atoms with E-state index in [1.165, 1.54) is 39.0 Å². The molecule has 0 aromatic rings. The molecule has 0 spiro atoms. The molecule has 2 saturated heterocycles. The first-order valence-corrected chi connectivity index (χ1v) is 6.25. The second-order valence-corrected chi connectivity index (χ2v) is 4.44. The van der Waals surface area contributed by atoms with Crippen molar-refractivity contribution in [2.45, 2.75) is 52.6 Å². The minimum absolute atomic E-state index is 0.754. The standard InChI is InChI=1S/C10H20N2.C2H6/c1-9(2)12-7-10(8-12)11-5-3-4-6-11;1-2/h9-10H,3-8H2,1-2H3;1-2H3. The molecule has 0 bridgehead atoms. The lowest BCUT2D eigenvalue weighted by Crippen LogP contribution is -2.60. The maximum absolute atomic E-state index is 2.67. The molecule has 0 unspecified atom stereocenters. The van der Waals surface area contributed by atoms with E-state index in [0.29, 0.717) is 0 Å². The fourth-order valence-corrected chi connectivity index (χ4v) is 2.25. The van der Waals surface area contributed by atoms with Crippen LogP contribution >= 0.6 is 0 Å². The van der Waals surface area contributed by atoms with Gasteiger partial charge in [-0.2, -0.15) is 0 Å². The first-order valence-electron chi connectivity index (χ1n) is 6.25. The SMILES string of the molecule is CC.CC(C)N1CC(N2CCCC2)C1. The van der Waals surface area contributed by atoms with Gasteiger partial charge in [0.25, 0.3) is 0 Å². The fraction of sp³-hybridized carbons (Fsp3) is 1.00. The molecular weight excluding hydrogens is 172 g/mol. The van der Waals surface area contributed by atoms with E-state index in [2.05, 4.69) is 23.6 Å². The Hall–Kier alpha value is -0.0800. The summed E-state index contributed by atoms with van der Waals surface area (Å²) in [5.41, 5.74) is 0. The zero-order valence-electron chi connectivity index (χ0n) is 10.3. The molecule has 2 heterocycles. The number of likely N-dealkylation sites (tertiary alicyclic amines) is 2. The summed E-state index contributed by atoms with van der Waals surface area (Å²) >= 11 is 0. The van der Waals surface area contributed by atoms with Crippen LogP contribution in [0.25, 0.3) is 0 Å². The molecule has 2 aliphatic rings. The maximum atomic E-state index is 2.67. The zero-order chi connectivity index (χ0) is 10.6. The Labute approximate surface area is 89.3 Å². The minimum atomic E-state index is 0.754. The van der Waals surface area contributed by atoms with Crippen LogP contribution in [0, 0.1) is 0 Å². The lowest BCUT2D eigenvalue weighted by Gasteiger charge is -2.46. The van der Waals surface area contributed by atoms with Crippen molar-refractivity contribution in [1.82, 2.24) is 9.80 Å². The highest BCUT2D eigenvalue weighted by Gasteiger charge is 2.33. The van der Waals surface area contributed by atoms with Crippen LogP contribution < -0.4 is 0 Å². The Morgan fingerprint density at radius 2 is 1.50 bits per heavy atom. The van der Waals surface area contributed by atoms with E-state index in [1.807, 2.05) is 13.8 Å². The predicted octanol–water partition coefficient (Wildman–Crippen LogP) is 2.20. The van der Waals surface area contributed by atoms with Crippen molar-refractivity contribution in [3.05, 3.63) is 0 Å². The summed E-state index contributed by atoms with van der Waals surface area (Å²) < 4.78 is 0. The fourth-order valence-electron chi connectivity index (χ4n) is 2.25. The molecule has 0 aliphatic carbocycles. The van der Waals surface area contributed by atoms with Crippen LogP contribution in [0.15, 0.2) is 0 Å². The number of hydrogen-bond acceptors (Lipinski definition) is 2. The molecule has 0 aromatic carbocycles. The first kappa shape index (κ1) is 12.0. The normalized spacial score (nSPS) is 24.6. The molecule has 0 atom stereocenters. The van der Waals surface area contributed by atoms with E-state index in [9.17, 15) is 0 Å². The van der Waals surface area contributed by atoms with Gasteiger partial charge >= 0.3 is 0 Å². The molecule has 2 heteroatoms. The molecule has 2 rings (SSSR count). The third kappa shape index (κ3) is 2.71. The number of nitrogens with zero attached hydrogens (tertiary/aromatic N) is 2. The lowest BCUT2D eigenvalue weighted by molar-refractivity contribution is 0.0259. The van der Waals surface area contributed by atoms with E-state index in [0.717, 1.165) is 12.1 Å². The first-order chi connectivity index (χ1) is 6.77. The average molecular weight is 198 g/mol. The van der Waals surface area contributed by atoms with Crippen molar-refractivity contribution < 1.29 is 0 Å². The van der Waals surface area contributed by atoms with Crippen molar-refractivity contribution in [2.24, 2.45) is 0 Å². The third-order valence-electron chi connectivity index (χ3n) is 3.28. The lowest BCUT2D eigenvalue weighted by atomic mass is 10.1. The van der Waals surface area contributed by atoms with Crippen molar-refractivity contribution >= 4 is 0 Å². The van der Waals surface area contributed by atoms with Crippen molar-refractivity contribution in [2.75, 3.05) is 26.2 Å². The minimum Gasteiger partial charge on any atom is -0.298 e. The highest BCUT2D eigenvalue weighted by molar-refractivity contribution is 4.90. The summed E-state index contributed by atoms with van der Waals surface area (Å²) in [5.74, 6) is 0. The highest BCUT2D eigenvalue weighted by Crippen LogP contribution is 2.21. The Kier molecular flexibility index (Phi) is 4.90. The molecule has 0 aromatic heterocycles. The van der Waals surface area contributed by atoms with Crippen molar-refractivity contribution in [3.63, 3.8) is 0 Å². The summed E-state index contributed by atoms with van der Waals surface area (Å²) in [6.45, 7) is 13.9. The van der Waals surface area contributed by atoms with Gasteiger partial charge in [0.2, 0.25) is 0 Å². The molecule has 0 amide bonds. The molecule has 2 aliphatic heterocycles. The van der Waals surface area contributed by atoms with Crippen molar-refractivity contribution in [1.29, 1.82) is 0 Å². The molecule has 14 heavy (non-hydrogen) atoms. The molecule has 0 N–H and O–H groups in total. The summed E-state index contributed by atoms with van der Waals surface area (Å²) in [5, 5.41) is 0. The van der Waals surface area contributed by atoms with Crippen LogP contribution in [0.1, 0.15) is 40.5 Å².